The molecule has 1 aliphatic rings. The Morgan fingerprint density at radius 2 is 2.25 bits per heavy atom. The summed E-state index contributed by atoms with van der Waals surface area (Å²) in [5, 5.41) is 7.35. The molecule has 102 valence electrons. The van der Waals surface area contributed by atoms with Crippen LogP contribution >= 0.6 is 11.6 Å². The van der Waals surface area contributed by atoms with Gasteiger partial charge in [-0.2, -0.15) is 5.10 Å². The van der Waals surface area contributed by atoms with Gasteiger partial charge in [-0.05, 0) is 17.7 Å². The van der Waals surface area contributed by atoms with E-state index in [-0.39, 0.29) is 18.0 Å². The number of aromatic amines is 1. The van der Waals surface area contributed by atoms with Crippen LogP contribution in [0.4, 0.5) is 0 Å². The number of halogens is 1. The molecule has 0 spiro atoms. The summed E-state index contributed by atoms with van der Waals surface area (Å²) in [4.78, 5) is 11.7. The Hall–Kier alpha value is -2.07. The van der Waals surface area contributed by atoms with Gasteiger partial charge < -0.3 is 4.74 Å². The van der Waals surface area contributed by atoms with E-state index in [4.69, 9.17) is 16.3 Å². The molecule has 1 N–H and O–H groups in total. The molecule has 1 saturated heterocycles. The zero-order valence-corrected chi connectivity index (χ0v) is 11.6. The number of H-pyrrole nitrogens is 1. The van der Waals surface area contributed by atoms with E-state index in [1.165, 1.54) is 0 Å². The van der Waals surface area contributed by atoms with Gasteiger partial charge in [-0.25, -0.2) is 4.79 Å². The molecule has 3 rings (SSSR count). The molecule has 1 aromatic heterocycles. The minimum absolute atomic E-state index is 0.0608. The first-order valence-corrected chi connectivity index (χ1v) is 6.64. The molecule has 1 fully saturated rings. The molecule has 0 unspecified atom stereocenters. The quantitative estimate of drug-likeness (QED) is 0.679. The lowest BCUT2D eigenvalue weighted by Crippen LogP contribution is -2.06. The van der Waals surface area contributed by atoms with Gasteiger partial charge in [0.2, 0.25) is 0 Å². The maximum absolute atomic E-state index is 11.7. The van der Waals surface area contributed by atoms with Gasteiger partial charge in [-0.15, -0.1) is 0 Å². The zero-order valence-electron chi connectivity index (χ0n) is 10.9. The van der Waals surface area contributed by atoms with Gasteiger partial charge in [0.05, 0.1) is 6.20 Å². The van der Waals surface area contributed by atoms with Crippen LogP contribution in [0.2, 0.25) is 5.02 Å². The first-order valence-electron chi connectivity index (χ1n) is 6.26. The number of cyclic esters (lactones) is 1. The highest BCUT2D eigenvalue weighted by atomic mass is 35.5. The molecule has 0 aliphatic carbocycles. The van der Waals surface area contributed by atoms with Crippen LogP contribution in [0.25, 0.3) is 11.1 Å². The van der Waals surface area contributed by atoms with Gasteiger partial charge in [0.1, 0.15) is 6.10 Å². The molecule has 5 heteroatoms. The molecular formula is C15H13ClN2O2. The summed E-state index contributed by atoms with van der Waals surface area (Å²) in [6.45, 7) is 5.72. The van der Waals surface area contributed by atoms with E-state index in [1.807, 2.05) is 19.1 Å². The van der Waals surface area contributed by atoms with E-state index in [2.05, 4.69) is 16.8 Å². The second kappa shape index (κ2) is 4.80. The lowest BCUT2D eigenvalue weighted by atomic mass is 9.90. The smallest absolute Gasteiger partial charge is 0.334 e. The molecule has 0 bridgehead atoms. The predicted molar refractivity (Wildman–Crippen MR) is 76.2 cm³/mol. The molecule has 0 saturated carbocycles. The molecule has 2 atom stereocenters. The molecule has 4 nitrogen and oxygen atoms in total. The fourth-order valence-electron chi connectivity index (χ4n) is 2.42. The van der Waals surface area contributed by atoms with Gasteiger partial charge in [0.15, 0.2) is 0 Å². The van der Waals surface area contributed by atoms with Crippen LogP contribution in [0.1, 0.15) is 18.6 Å². The summed E-state index contributed by atoms with van der Waals surface area (Å²) in [7, 11) is 0. The minimum Gasteiger partial charge on any atom is -0.453 e. The Bertz CT molecular complexity index is 679. The topological polar surface area (TPSA) is 55.0 Å². The third kappa shape index (κ3) is 2.02. The summed E-state index contributed by atoms with van der Waals surface area (Å²) in [5.74, 6) is -0.398. The average molecular weight is 289 g/mol. The Balaban J connectivity index is 2.11. The number of carbonyl (C=O) groups is 1. The summed E-state index contributed by atoms with van der Waals surface area (Å²) >= 11 is 6.08. The number of esters is 1. The van der Waals surface area contributed by atoms with Gasteiger partial charge in [-0.3, -0.25) is 5.10 Å². The van der Waals surface area contributed by atoms with Crippen molar-refractivity contribution in [1.29, 1.82) is 0 Å². The van der Waals surface area contributed by atoms with Crippen molar-refractivity contribution >= 4 is 17.6 Å². The van der Waals surface area contributed by atoms with Crippen molar-refractivity contribution in [1.82, 2.24) is 10.2 Å². The summed E-state index contributed by atoms with van der Waals surface area (Å²) in [6, 6.07) is 5.53. The van der Waals surface area contributed by atoms with Crippen LogP contribution in [-0.4, -0.2) is 16.2 Å². The Labute approximate surface area is 121 Å². The SMILES string of the molecule is C=C1C(=O)O[C@H](c2ccc(Cl)cc2-c2cn[nH]c2)[C@H]1C. The van der Waals surface area contributed by atoms with Crippen molar-refractivity contribution in [2.45, 2.75) is 13.0 Å². The van der Waals surface area contributed by atoms with Crippen molar-refractivity contribution in [3.05, 3.63) is 53.3 Å². The van der Waals surface area contributed by atoms with Crippen LogP contribution in [0, 0.1) is 5.92 Å². The Morgan fingerprint density at radius 1 is 1.45 bits per heavy atom. The number of nitrogens with zero attached hydrogens (tertiary/aromatic N) is 1. The number of aromatic nitrogens is 2. The standard InChI is InChI=1S/C15H13ClN2O2/c1-8-9(2)15(19)20-14(8)12-4-3-11(16)5-13(12)10-6-17-18-7-10/h3-8,14H,2H2,1H3,(H,17,18)/t8-,14-/m0/s1. The van der Waals surface area contributed by atoms with E-state index in [0.29, 0.717) is 10.6 Å². The number of ether oxygens (including phenoxy) is 1. The highest BCUT2D eigenvalue weighted by Crippen LogP contribution is 2.42. The van der Waals surface area contributed by atoms with E-state index in [9.17, 15) is 4.79 Å². The van der Waals surface area contributed by atoms with Gasteiger partial charge in [-0.1, -0.05) is 31.2 Å². The van der Waals surface area contributed by atoms with Gasteiger partial charge in [0, 0.05) is 33.8 Å². The number of hydrogen-bond acceptors (Lipinski definition) is 3. The molecule has 0 amide bonds. The normalized spacial score (nSPS) is 22.1. The molecule has 2 aromatic rings. The first-order chi connectivity index (χ1) is 9.58. The Kier molecular flexibility index (Phi) is 3.10. The fourth-order valence-corrected chi connectivity index (χ4v) is 2.59. The molecule has 1 aliphatic heterocycles. The first kappa shape index (κ1) is 12.9. The van der Waals surface area contributed by atoms with Crippen LogP contribution in [-0.2, 0) is 9.53 Å². The molecule has 2 heterocycles. The lowest BCUT2D eigenvalue weighted by molar-refractivity contribution is -0.139. The highest BCUT2D eigenvalue weighted by molar-refractivity contribution is 6.30. The summed E-state index contributed by atoms with van der Waals surface area (Å²) in [5.41, 5.74) is 3.23. The number of nitrogens with one attached hydrogen (secondary N) is 1. The minimum atomic E-state index is -0.337. The molecule has 0 radical (unpaired) electrons. The largest absolute Gasteiger partial charge is 0.453 e. The molecule has 1 aromatic carbocycles. The van der Waals surface area contributed by atoms with E-state index in [1.54, 1.807) is 18.5 Å². The van der Waals surface area contributed by atoms with E-state index < -0.39 is 0 Å². The van der Waals surface area contributed by atoms with Crippen LogP contribution < -0.4 is 0 Å². The van der Waals surface area contributed by atoms with Crippen molar-refractivity contribution in [2.24, 2.45) is 5.92 Å². The number of benzene rings is 1. The maximum atomic E-state index is 11.7. The van der Waals surface area contributed by atoms with Crippen molar-refractivity contribution in [2.75, 3.05) is 0 Å². The molecule has 20 heavy (non-hydrogen) atoms. The van der Waals surface area contributed by atoms with Crippen molar-refractivity contribution < 1.29 is 9.53 Å². The van der Waals surface area contributed by atoms with E-state index in [0.717, 1.165) is 16.7 Å². The monoisotopic (exact) mass is 288 g/mol. The second-order valence-electron chi connectivity index (χ2n) is 4.86. The fraction of sp³-hybridized carbons (Fsp3) is 0.200. The molecular weight excluding hydrogens is 276 g/mol. The van der Waals surface area contributed by atoms with Crippen LogP contribution in [0.5, 0.6) is 0 Å². The third-order valence-electron chi connectivity index (χ3n) is 3.63. The highest BCUT2D eigenvalue weighted by Gasteiger charge is 2.37. The van der Waals surface area contributed by atoms with Crippen molar-refractivity contribution in [3.8, 4) is 11.1 Å². The van der Waals surface area contributed by atoms with Crippen LogP contribution in [0.3, 0.4) is 0 Å². The number of rotatable bonds is 2. The van der Waals surface area contributed by atoms with Gasteiger partial charge in [0.25, 0.3) is 0 Å². The average Bonchev–Trinajstić information content (AvgIpc) is 3.04. The second-order valence-corrected chi connectivity index (χ2v) is 5.29. The van der Waals surface area contributed by atoms with Crippen LogP contribution in [0.15, 0.2) is 42.7 Å². The number of carbonyl (C=O) groups excluding carboxylic acids is 1. The summed E-state index contributed by atoms with van der Waals surface area (Å²) < 4.78 is 5.44. The Morgan fingerprint density at radius 3 is 2.85 bits per heavy atom. The van der Waals surface area contributed by atoms with Crippen molar-refractivity contribution in [3.63, 3.8) is 0 Å². The predicted octanol–water partition coefficient (Wildman–Crippen LogP) is 3.52. The zero-order chi connectivity index (χ0) is 14.3. The lowest BCUT2D eigenvalue weighted by Gasteiger charge is -2.18. The van der Waals surface area contributed by atoms with E-state index >= 15 is 0 Å². The van der Waals surface area contributed by atoms with Gasteiger partial charge >= 0.3 is 5.97 Å². The number of hydrogen-bond donors (Lipinski definition) is 1. The maximum Gasteiger partial charge on any atom is 0.334 e. The summed E-state index contributed by atoms with van der Waals surface area (Å²) in [6.07, 6.45) is 3.16. The third-order valence-corrected chi connectivity index (χ3v) is 3.87.